The molecule has 0 N–H and O–H groups in total. The van der Waals surface area contributed by atoms with Crippen molar-refractivity contribution >= 4 is 34.6 Å². The third-order valence-electron chi connectivity index (χ3n) is 8.65. The van der Waals surface area contributed by atoms with E-state index >= 15 is 0 Å². The van der Waals surface area contributed by atoms with E-state index in [9.17, 15) is 19.2 Å². The van der Waals surface area contributed by atoms with Crippen molar-refractivity contribution in [3.63, 3.8) is 0 Å². The summed E-state index contributed by atoms with van der Waals surface area (Å²) >= 11 is 0. The molecular weight excluding hydrogens is 438 g/mol. The number of fused-ring (bicyclic) bond motifs is 5. The average molecular weight is 468 g/mol. The Kier molecular flexibility index (Phi) is 4.79. The predicted molar refractivity (Wildman–Crippen MR) is 132 cm³/mol. The smallest absolute Gasteiger partial charge is 0.238 e. The summed E-state index contributed by atoms with van der Waals surface area (Å²) in [5, 5.41) is 0. The zero-order chi connectivity index (χ0) is 24.5. The number of para-hydroxylation sites is 1. The number of anilines is 1. The lowest BCUT2D eigenvalue weighted by Crippen LogP contribution is -2.50. The highest BCUT2D eigenvalue weighted by atomic mass is 16.2. The number of hydrogen-bond donors (Lipinski definition) is 0. The molecule has 3 atom stereocenters. The summed E-state index contributed by atoms with van der Waals surface area (Å²) in [5.74, 6) is -1.83. The summed E-state index contributed by atoms with van der Waals surface area (Å²) in [6.07, 6.45) is 3.94. The highest BCUT2D eigenvalue weighted by Gasteiger charge is 2.60. The number of hydrogen-bond acceptors (Lipinski definition) is 4. The Labute approximate surface area is 205 Å². The van der Waals surface area contributed by atoms with Crippen molar-refractivity contribution in [2.75, 3.05) is 4.90 Å². The fraction of sp³-hybridized carbons (Fsp3) is 0.400. The predicted octanol–water partition coefficient (Wildman–Crippen LogP) is 4.79. The van der Waals surface area contributed by atoms with Crippen LogP contribution >= 0.6 is 0 Å². The Bertz CT molecular complexity index is 1280. The lowest BCUT2D eigenvalue weighted by Gasteiger charge is -2.43. The zero-order valence-corrected chi connectivity index (χ0v) is 20.1. The Balaban J connectivity index is 1.49. The maximum absolute atomic E-state index is 13.9. The summed E-state index contributed by atoms with van der Waals surface area (Å²) in [7, 11) is 0. The van der Waals surface area contributed by atoms with Gasteiger partial charge in [-0.2, -0.15) is 0 Å². The number of carbonyl (C=O) groups excluding carboxylic acids is 4. The molecule has 1 spiro atoms. The molecule has 0 aromatic heterocycles. The minimum atomic E-state index is -1.14. The second kappa shape index (κ2) is 7.58. The monoisotopic (exact) mass is 467 g/mol. The number of benzene rings is 2. The van der Waals surface area contributed by atoms with Crippen molar-refractivity contribution in [3.8, 4) is 0 Å². The van der Waals surface area contributed by atoms with E-state index in [1.165, 1.54) is 4.90 Å². The third kappa shape index (κ3) is 3.20. The van der Waals surface area contributed by atoms with Gasteiger partial charge >= 0.3 is 0 Å². The molecule has 1 saturated heterocycles. The van der Waals surface area contributed by atoms with Crippen LogP contribution in [0.25, 0.3) is 5.57 Å². The van der Waals surface area contributed by atoms with Crippen molar-refractivity contribution in [3.05, 3.63) is 71.8 Å². The fourth-order valence-electron chi connectivity index (χ4n) is 7.01. The van der Waals surface area contributed by atoms with Crippen LogP contribution in [0.5, 0.6) is 0 Å². The van der Waals surface area contributed by atoms with E-state index in [-0.39, 0.29) is 34.7 Å². The average Bonchev–Trinajstić information content (AvgIpc) is 2.98. The van der Waals surface area contributed by atoms with Gasteiger partial charge in [-0.05, 0) is 59.4 Å². The van der Waals surface area contributed by atoms with Crippen molar-refractivity contribution < 1.29 is 19.2 Å². The molecule has 178 valence electrons. The molecule has 6 rings (SSSR count). The molecule has 0 radical (unpaired) electrons. The van der Waals surface area contributed by atoms with Crippen LogP contribution in [-0.2, 0) is 25.6 Å². The Morgan fingerprint density at radius 2 is 1.43 bits per heavy atom. The molecule has 2 aromatic rings. The van der Waals surface area contributed by atoms with Crippen LogP contribution in [0, 0.1) is 28.6 Å². The first-order chi connectivity index (χ1) is 16.7. The summed E-state index contributed by atoms with van der Waals surface area (Å²) in [6, 6.07) is 17.0. The molecule has 35 heavy (non-hydrogen) atoms. The van der Waals surface area contributed by atoms with Crippen LogP contribution < -0.4 is 4.90 Å². The molecule has 4 aliphatic rings. The number of carbonyl (C=O) groups is 4. The minimum Gasteiger partial charge on any atom is -0.299 e. The summed E-state index contributed by atoms with van der Waals surface area (Å²) in [6.45, 7) is 3.94. The molecule has 3 aliphatic carbocycles. The van der Waals surface area contributed by atoms with Gasteiger partial charge in [0.25, 0.3) is 0 Å². The van der Waals surface area contributed by atoms with E-state index < -0.39 is 17.3 Å². The number of allylic oxidation sites excluding steroid dienone is 2. The minimum absolute atomic E-state index is 0.0198. The van der Waals surface area contributed by atoms with Gasteiger partial charge in [-0.25, -0.2) is 0 Å². The van der Waals surface area contributed by atoms with E-state index in [4.69, 9.17) is 0 Å². The van der Waals surface area contributed by atoms with Crippen LogP contribution in [0.1, 0.15) is 50.7 Å². The summed E-state index contributed by atoms with van der Waals surface area (Å²) in [4.78, 5) is 56.2. The number of nitrogens with zero attached hydrogens (tertiary/aromatic N) is 1. The molecule has 0 bridgehead atoms. The number of ketones is 2. The molecule has 1 heterocycles. The van der Waals surface area contributed by atoms with Gasteiger partial charge in [-0.15, -0.1) is 0 Å². The molecule has 1 saturated carbocycles. The van der Waals surface area contributed by atoms with Crippen LogP contribution in [0.15, 0.2) is 60.7 Å². The molecule has 5 nitrogen and oxygen atoms in total. The van der Waals surface area contributed by atoms with E-state index in [2.05, 4.69) is 6.08 Å². The summed E-state index contributed by atoms with van der Waals surface area (Å²) < 4.78 is 0. The first kappa shape index (κ1) is 22.1. The van der Waals surface area contributed by atoms with Crippen molar-refractivity contribution in [1.29, 1.82) is 0 Å². The highest BCUT2D eigenvalue weighted by Crippen LogP contribution is 2.56. The van der Waals surface area contributed by atoms with Crippen molar-refractivity contribution in [2.24, 2.45) is 28.6 Å². The standard InChI is InChI=1S/C30H29NO4/c1-29(2)16-24(32)30(25(33)17-29)14-18-8-6-7-11-20(18)21-12-13-22-26(23(21)15-30)28(35)31(27(22)34)19-9-4-3-5-10-19/h3-12,22-23,26H,13-17H2,1-2H3/t22-,23+,26-/m1/s1. The first-order valence-electron chi connectivity index (χ1n) is 12.5. The van der Waals surface area contributed by atoms with Gasteiger partial charge in [-0.3, -0.25) is 24.1 Å². The fourth-order valence-corrected chi connectivity index (χ4v) is 7.01. The van der Waals surface area contributed by atoms with Crippen LogP contribution in [-0.4, -0.2) is 23.4 Å². The summed E-state index contributed by atoms with van der Waals surface area (Å²) in [5.41, 5.74) is 2.09. The number of imide groups is 1. The first-order valence-corrected chi connectivity index (χ1v) is 12.5. The van der Waals surface area contributed by atoms with Crippen molar-refractivity contribution in [2.45, 2.75) is 46.0 Å². The maximum atomic E-state index is 13.9. The van der Waals surface area contributed by atoms with Gasteiger partial charge < -0.3 is 0 Å². The molecular formula is C30H29NO4. The number of amides is 2. The Hall–Kier alpha value is -3.34. The largest absolute Gasteiger partial charge is 0.299 e. The van der Waals surface area contributed by atoms with Gasteiger partial charge in [0.05, 0.1) is 22.9 Å². The molecule has 2 aromatic carbocycles. The van der Waals surface area contributed by atoms with E-state index in [0.717, 1.165) is 16.7 Å². The second-order valence-electron chi connectivity index (χ2n) is 11.5. The van der Waals surface area contributed by atoms with Gasteiger partial charge in [0.2, 0.25) is 11.8 Å². The maximum Gasteiger partial charge on any atom is 0.238 e. The van der Waals surface area contributed by atoms with Crippen molar-refractivity contribution in [1.82, 2.24) is 0 Å². The van der Waals surface area contributed by atoms with E-state index in [1.54, 1.807) is 12.1 Å². The Morgan fingerprint density at radius 1 is 0.771 bits per heavy atom. The molecule has 1 aliphatic heterocycles. The Morgan fingerprint density at radius 3 is 2.14 bits per heavy atom. The molecule has 0 unspecified atom stereocenters. The van der Waals surface area contributed by atoms with Gasteiger partial charge in [0.1, 0.15) is 11.6 Å². The van der Waals surface area contributed by atoms with Gasteiger partial charge in [0.15, 0.2) is 0 Å². The van der Waals surface area contributed by atoms with Crippen LogP contribution in [0.4, 0.5) is 5.69 Å². The molecule has 2 amide bonds. The molecule has 2 fully saturated rings. The second-order valence-corrected chi connectivity index (χ2v) is 11.5. The topological polar surface area (TPSA) is 71.5 Å². The SMILES string of the molecule is CC1(C)CC(=O)C2(Cc3ccccc3C3=CC[C@H]4C(=O)N(c5ccccc5)C(=O)[C@H]4[C@H]3C2)C(=O)C1. The lowest BCUT2D eigenvalue weighted by molar-refractivity contribution is -0.150. The van der Waals surface area contributed by atoms with Gasteiger partial charge in [-0.1, -0.05) is 62.4 Å². The third-order valence-corrected chi connectivity index (χ3v) is 8.65. The highest BCUT2D eigenvalue weighted by molar-refractivity contribution is 6.23. The normalized spacial score (nSPS) is 28.8. The lowest BCUT2D eigenvalue weighted by atomic mass is 9.57. The van der Waals surface area contributed by atoms with E-state index in [0.29, 0.717) is 37.8 Å². The van der Waals surface area contributed by atoms with Crippen LogP contribution in [0.2, 0.25) is 0 Å². The zero-order valence-electron chi connectivity index (χ0n) is 20.1. The van der Waals surface area contributed by atoms with Gasteiger partial charge in [0, 0.05) is 12.8 Å². The van der Waals surface area contributed by atoms with E-state index in [1.807, 2.05) is 56.3 Å². The van der Waals surface area contributed by atoms with Crippen LogP contribution in [0.3, 0.4) is 0 Å². The quantitative estimate of drug-likeness (QED) is 0.447. The number of Topliss-reactive ketones (excluding diaryl/α,β-unsaturated/α-hetero) is 2. The molecule has 5 heteroatoms. The number of rotatable bonds is 1.